The fraction of sp³-hybridized carbons (Fsp3) is 0. The molecule has 0 radical (unpaired) electrons. The van der Waals surface area contributed by atoms with Gasteiger partial charge in [0.05, 0.1) is 0 Å². The van der Waals surface area contributed by atoms with E-state index in [0.717, 1.165) is 11.3 Å². The number of aromatic amines is 3. The average molecular weight is 312 g/mol. The first-order valence-corrected chi connectivity index (χ1v) is 6.65. The van der Waals surface area contributed by atoms with Crippen LogP contribution in [0, 0.1) is 0 Å². The lowest BCUT2D eigenvalue weighted by Crippen LogP contribution is -2.30. The molecule has 0 spiro atoms. The minimum absolute atomic E-state index is 0.440. The van der Waals surface area contributed by atoms with E-state index in [1.54, 1.807) is 30.5 Å². The Morgan fingerprint density at radius 3 is 2.39 bits per heavy atom. The smallest absolute Gasteiger partial charge is 0.328 e. The highest BCUT2D eigenvalue weighted by Crippen LogP contribution is 2.20. The molecule has 3 aromatic rings. The molecule has 0 bridgehead atoms. The Morgan fingerprint density at radius 1 is 1.04 bits per heavy atom. The van der Waals surface area contributed by atoms with Gasteiger partial charge in [-0.25, -0.2) is 4.79 Å². The minimum Gasteiger partial charge on any atom is -0.494 e. The van der Waals surface area contributed by atoms with Gasteiger partial charge in [0.1, 0.15) is 0 Å². The van der Waals surface area contributed by atoms with Gasteiger partial charge in [0, 0.05) is 17.6 Å². The van der Waals surface area contributed by atoms with E-state index in [4.69, 9.17) is 0 Å². The summed E-state index contributed by atoms with van der Waals surface area (Å²) in [6, 6.07) is 10.7. The number of anilines is 1. The van der Waals surface area contributed by atoms with Gasteiger partial charge < -0.3 is 15.4 Å². The van der Waals surface area contributed by atoms with Crippen molar-refractivity contribution < 1.29 is 9.90 Å². The van der Waals surface area contributed by atoms with Crippen molar-refractivity contribution in [2.75, 3.05) is 5.32 Å². The van der Waals surface area contributed by atoms with E-state index in [1.807, 2.05) is 22.1 Å². The number of nitrogens with one attached hydrogen (secondary N) is 4. The van der Waals surface area contributed by atoms with Crippen LogP contribution in [0.4, 0.5) is 5.69 Å². The van der Waals surface area contributed by atoms with Gasteiger partial charge in [0.2, 0.25) is 5.88 Å². The summed E-state index contributed by atoms with van der Waals surface area (Å²) in [5, 5.41) is 12.0. The first-order valence-electron chi connectivity index (χ1n) is 6.65. The molecule has 2 aromatic heterocycles. The number of amides is 1. The van der Waals surface area contributed by atoms with Crippen LogP contribution in [0.5, 0.6) is 5.88 Å². The van der Waals surface area contributed by atoms with Crippen molar-refractivity contribution in [2.45, 2.75) is 0 Å². The Morgan fingerprint density at radius 2 is 1.78 bits per heavy atom. The first-order chi connectivity index (χ1) is 11.0. The number of hydrogen-bond acceptors (Lipinski definition) is 4. The molecule has 0 aliphatic rings. The van der Waals surface area contributed by atoms with E-state index in [0.29, 0.717) is 5.69 Å². The molecule has 1 aromatic carbocycles. The number of rotatable bonds is 3. The molecule has 8 heteroatoms. The summed E-state index contributed by atoms with van der Waals surface area (Å²) in [4.78, 5) is 41.5. The highest BCUT2D eigenvalue weighted by Gasteiger charge is 2.17. The van der Waals surface area contributed by atoms with Crippen LogP contribution in [0.1, 0.15) is 10.4 Å². The number of aromatic nitrogens is 3. The lowest BCUT2D eigenvalue weighted by Gasteiger charge is -2.06. The zero-order chi connectivity index (χ0) is 16.4. The SMILES string of the molecule is O=C(Nc1ccc(-c2ccc[nH]2)cc1)c1c(O)[nH]c(=O)[nH]c1=O. The lowest BCUT2D eigenvalue weighted by molar-refractivity contribution is 0.102. The van der Waals surface area contributed by atoms with Crippen LogP contribution in [0.15, 0.2) is 52.2 Å². The molecule has 0 aliphatic heterocycles. The molecule has 5 N–H and O–H groups in total. The topological polar surface area (TPSA) is 131 Å². The third-order valence-electron chi connectivity index (χ3n) is 3.20. The number of hydrogen-bond donors (Lipinski definition) is 5. The summed E-state index contributed by atoms with van der Waals surface area (Å²) in [6.07, 6.45) is 1.80. The number of benzene rings is 1. The van der Waals surface area contributed by atoms with Gasteiger partial charge in [0.25, 0.3) is 11.5 Å². The molecule has 3 rings (SSSR count). The molecule has 0 aliphatic carbocycles. The molecule has 1 amide bonds. The monoisotopic (exact) mass is 312 g/mol. The molecule has 0 saturated carbocycles. The van der Waals surface area contributed by atoms with E-state index in [1.165, 1.54) is 0 Å². The maximum Gasteiger partial charge on any atom is 0.328 e. The van der Waals surface area contributed by atoms with E-state index < -0.39 is 28.6 Å². The molecule has 8 nitrogen and oxygen atoms in total. The van der Waals surface area contributed by atoms with Gasteiger partial charge in [0.15, 0.2) is 5.56 Å². The zero-order valence-electron chi connectivity index (χ0n) is 11.7. The van der Waals surface area contributed by atoms with Crippen molar-refractivity contribution in [2.24, 2.45) is 0 Å². The van der Waals surface area contributed by atoms with Crippen LogP contribution in [-0.4, -0.2) is 26.0 Å². The highest BCUT2D eigenvalue weighted by molar-refractivity contribution is 6.05. The Bertz CT molecular complexity index is 952. The minimum atomic E-state index is -0.966. The Kier molecular flexibility index (Phi) is 3.55. The van der Waals surface area contributed by atoms with Crippen molar-refractivity contribution in [1.82, 2.24) is 15.0 Å². The number of carbonyl (C=O) groups is 1. The average Bonchev–Trinajstić information content (AvgIpc) is 3.01. The van der Waals surface area contributed by atoms with Crippen LogP contribution in [-0.2, 0) is 0 Å². The summed E-state index contributed by atoms with van der Waals surface area (Å²) in [7, 11) is 0. The molecule has 0 saturated heterocycles. The van der Waals surface area contributed by atoms with E-state index >= 15 is 0 Å². The maximum absolute atomic E-state index is 12.1. The van der Waals surface area contributed by atoms with E-state index in [2.05, 4.69) is 10.3 Å². The Hall–Kier alpha value is -3.55. The third-order valence-corrected chi connectivity index (χ3v) is 3.20. The summed E-state index contributed by atoms with van der Waals surface area (Å²) in [6.45, 7) is 0. The van der Waals surface area contributed by atoms with Gasteiger partial charge in [-0.1, -0.05) is 12.1 Å². The van der Waals surface area contributed by atoms with Crippen molar-refractivity contribution in [3.05, 3.63) is 69.0 Å². The quantitative estimate of drug-likeness (QED) is 0.494. The number of aromatic hydroxyl groups is 1. The fourth-order valence-corrected chi connectivity index (χ4v) is 2.12. The number of H-pyrrole nitrogens is 3. The van der Waals surface area contributed by atoms with Crippen LogP contribution >= 0.6 is 0 Å². The lowest BCUT2D eigenvalue weighted by atomic mass is 10.1. The van der Waals surface area contributed by atoms with Crippen LogP contribution in [0.25, 0.3) is 11.3 Å². The second-order valence-corrected chi connectivity index (χ2v) is 4.75. The maximum atomic E-state index is 12.1. The molecule has 0 atom stereocenters. The van der Waals surface area contributed by atoms with Crippen LogP contribution < -0.4 is 16.6 Å². The molecule has 2 heterocycles. The molecule has 23 heavy (non-hydrogen) atoms. The summed E-state index contributed by atoms with van der Waals surface area (Å²) in [5.41, 5.74) is -0.116. The van der Waals surface area contributed by atoms with Crippen molar-refractivity contribution >= 4 is 11.6 Å². The summed E-state index contributed by atoms with van der Waals surface area (Å²) < 4.78 is 0. The van der Waals surface area contributed by atoms with Gasteiger partial charge in [-0.2, -0.15) is 0 Å². The van der Waals surface area contributed by atoms with E-state index in [-0.39, 0.29) is 0 Å². The Labute approximate surface area is 128 Å². The normalized spacial score (nSPS) is 10.4. The van der Waals surface area contributed by atoms with Gasteiger partial charge in [-0.15, -0.1) is 0 Å². The Balaban J connectivity index is 1.84. The van der Waals surface area contributed by atoms with Crippen LogP contribution in [0.3, 0.4) is 0 Å². The standard InChI is InChI=1S/C15H12N4O4/c20-12(11-13(21)18-15(23)19-14(11)22)17-9-5-3-8(4-6-9)10-2-1-7-16-10/h1-7,16H,(H,17,20)(H3,18,19,21,22,23). The highest BCUT2D eigenvalue weighted by atomic mass is 16.3. The zero-order valence-corrected chi connectivity index (χ0v) is 11.7. The second kappa shape index (κ2) is 5.68. The first kappa shape index (κ1) is 14.4. The van der Waals surface area contributed by atoms with Gasteiger partial charge in [-0.3, -0.25) is 19.6 Å². The van der Waals surface area contributed by atoms with Crippen molar-refractivity contribution in [1.29, 1.82) is 0 Å². The molecular weight excluding hydrogens is 300 g/mol. The predicted molar refractivity (Wildman–Crippen MR) is 83.5 cm³/mol. The van der Waals surface area contributed by atoms with Gasteiger partial charge in [-0.05, 0) is 29.8 Å². The second-order valence-electron chi connectivity index (χ2n) is 4.75. The molecule has 0 unspecified atom stereocenters. The van der Waals surface area contributed by atoms with Crippen molar-refractivity contribution in [3.63, 3.8) is 0 Å². The van der Waals surface area contributed by atoms with Crippen molar-refractivity contribution in [3.8, 4) is 17.1 Å². The third kappa shape index (κ3) is 2.91. The largest absolute Gasteiger partial charge is 0.494 e. The van der Waals surface area contributed by atoms with E-state index in [9.17, 15) is 19.5 Å². The van der Waals surface area contributed by atoms with Crippen LogP contribution in [0.2, 0.25) is 0 Å². The molecular formula is C15H12N4O4. The van der Waals surface area contributed by atoms with Gasteiger partial charge >= 0.3 is 5.69 Å². The predicted octanol–water partition coefficient (Wildman–Crippen LogP) is 1.02. The molecule has 0 fully saturated rings. The summed E-state index contributed by atoms with van der Waals surface area (Å²) in [5.74, 6) is -1.60. The molecule has 116 valence electrons. The fourth-order valence-electron chi connectivity index (χ4n) is 2.12. The number of carbonyl (C=O) groups excluding carboxylic acids is 1. The summed E-state index contributed by atoms with van der Waals surface area (Å²) >= 11 is 0.